The number of ether oxygens (including phenoxy) is 1. The maximum atomic E-state index is 6.21. The van der Waals surface area contributed by atoms with Crippen LogP contribution in [0.2, 0.25) is 10.0 Å². The second-order valence-electron chi connectivity index (χ2n) is 5.55. The molecule has 2 nitrogen and oxygen atoms in total. The number of methoxy groups -OCH3 is 1. The molecule has 0 aromatic heterocycles. The first-order valence-electron chi connectivity index (χ1n) is 7.49. The zero-order valence-corrected chi connectivity index (χ0v) is 15.5. The predicted molar refractivity (Wildman–Crippen MR) is 99.5 cm³/mol. The molecular weight excluding hydrogens is 353 g/mol. The molecule has 0 fully saturated rings. The van der Waals surface area contributed by atoms with Crippen LogP contribution in [-0.4, -0.2) is 25.1 Å². The molecule has 0 saturated carbocycles. The molecule has 0 radical (unpaired) electrons. The summed E-state index contributed by atoms with van der Waals surface area (Å²) in [6, 6.07) is 12.3. The van der Waals surface area contributed by atoms with Crippen LogP contribution < -0.4 is 4.74 Å². The Morgan fingerprint density at radius 2 is 1.83 bits per heavy atom. The molecule has 0 amide bonds. The van der Waals surface area contributed by atoms with Gasteiger partial charge in [-0.1, -0.05) is 36.2 Å². The molecule has 1 unspecified atom stereocenters. The van der Waals surface area contributed by atoms with Crippen LogP contribution in [0, 0.1) is 0 Å². The molecule has 0 saturated heterocycles. The van der Waals surface area contributed by atoms with E-state index in [0.717, 1.165) is 30.8 Å². The average Bonchev–Trinajstić information content (AvgIpc) is 2.52. The predicted octanol–water partition coefficient (Wildman–Crippen LogP) is 5.39. The molecule has 2 aromatic carbocycles. The number of hydrogen-bond acceptors (Lipinski definition) is 2. The average molecular weight is 373 g/mol. The summed E-state index contributed by atoms with van der Waals surface area (Å²) in [7, 11) is 1.71. The maximum absolute atomic E-state index is 6.21. The van der Waals surface area contributed by atoms with Crippen molar-refractivity contribution in [2.24, 2.45) is 0 Å². The first kappa shape index (κ1) is 18.4. The summed E-state index contributed by atoms with van der Waals surface area (Å²) in [6.45, 7) is 4.19. The molecule has 5 heteroatoms. The normalized spacial score (nSPS) is 17.3. The third-order valence-electron chi connectivity index (χ3n) is 4.29. The van der Waals surface area contributed by atoms with E-state index in [0.29, 0.717) is 10.0 Å². The van der Waals surface area contributed by atoms with Gasteiger partial charge in [-0.2, -0.15) is 0 Å². The van der Waals surface area contributed by atoms with E-state index in [1.807, 2.05) is 18.2 Å². The molecule has 1 aliphatic rings. The van der Waals surface area contributed by atoms with Crippen LogP contribution in [0.1, 0.15) is 29.7 Å². The van der Waals surface area contributed by atoms with Gasteiger partial charge in [-0.25, -0.2) is 0 Å². The van der Waals surface area contributed by atoms with Crippen LogP contribution in [0.4, 0.5) is 0 Å². The van der Waals surface area contributed by atoms with E-state index < -0.39 is 0 Å². The van der Waals surface area contributed by atoms with Crippen molar-refractivity contribution in [1.29, 1.82) is 0 Å². The fourth-order valence-corrected chi connectivity index (χ4v) is 3.79. The minimum atomic E-state index is 0. The Morgan fingerprint density at radius 3 is 2.43 bits per heavy atom. The second-order valence-corrected chi connectivity index (χ2v) is 6.42. The summed E-state index contributed by atoms with van der Waals surface area (Å²) in [5, 5.41) is 1.36. The van der Waals surface area contributed by atoms with E-state index in [1.165, 1.54) is 11.1 Å². The lowest BCUT2D eigenvalue weighted by atomic mass is 9.88. The van der Waals surface area contributed by atoms with Crippen LogP contribution in [0.3, 0.4) is 0 Å². The zero-order valence-electron chi connectivity index (χ0n) is 13.2. The molecular formula is C18H20Cl3NO. The van der Waals surface area contributed by atoms with Gasteiger partial charge in [0.2, 0.25) is 0 Å². The topological polar surface area (TPSA) is 12.5 Å². The number of rotatable bonds is 3. The van der Waals surface area contributed by atoms with Gasteiger partial charge in [0.25, 0.3) is 0 Å². The first-order chi connectivity index (χ1) is 10.6. The van der Waals surface area contributed by atoms with E-state index in [-0.39, 0.29) is 18.4 Å². The van der Waals surface area contributed by atoms with Crippen LogP contribution in [0.5, 0.6) is 5.75 Å². The van der Waals surface area contributed by atoms with Gasteiger partial charge in [-0.05, 0) is 60.0 Å². The Balaban J connectivity index is 0.00000192. The molecule has 1 aliphatic heterocycles. The quantitative estimate of drug-likeness (QED) is 0.716. The van der Waals surface area contributed by atoms with Gasteiger partial charge in [0.05, 0.1) is 13.2 Å². The summed E-state index contributed by atoms with van der Waals surface area (Å²) in [6.07, 6.45) is 1.03. The molecule has 3 rings (SSSR count). The lowest BCUT2D eigenvalue weighted by Gasteiger charge is -2.37. The van der Waals surface area contributed by atoms with Crippen LogP contribution in [-0.2, 0) is 6.42 Å². The Kier molecular flexibility index (Phi) is 6.21. The standard InChI is InChI=1S/C18H19Cl2NO.ClH/c1-3-21-7-6-12-10-16(22-2)4-5-17(12)18(21)13-8-14(19)11-15(20)9-13;/h4-5,8-11,18H,3,6-7H2,1-2H3;1H. The van der Waals surface area contributed by atoms with Crippen molar-refractivity contribution < 1.29 is 4.74 Å². The zero-order chi connectivity index (χ0) is 15.7. The highest BCUT2D eigenvalue weighted by molar-refractivity contribution is 6.34. The minimum Gasteiger partial charge on any atom is -0.497 e. The molecule has 1 heterocycles. The van der Waals surface area contributed by atoms with Gasteiger partial charge in [0.15, 0.2) is 0 Å². The van der Waals surface area contributed by atoms with Gasteiger partial charge < -0.3 is 4.74 Å². The van der Waals surface area contributed by atoms with Crippen molar-refractivity contribution in [3.63, 3.8) is 0 Å². The van der Waals surface area contributed by atoms with Gasteiger partial charge >= 0.3 is 0 Å². The van der Waals surface area contributed by atoms with Crippen molar-refractivity contribution >= 4 is 35.6 Å². The molecule has 0 spiro atoms. The summed E-state index contributed by atoms with van der Waals surface area (Å²) in [5.41, 5.74) is 3.79. The summed E-state index contributed by atoms with van der Waals surface area (Å²) in [5.74, 6) is 0.909. The van der Waals surface area contributed by atoms with Crippen molar-refractivity contribution in [2.45, 2.75) is 19.4 Å². The van der Waals surface area contributed by atoms with Crippen molar-refractivity contribution in [2.75, 3.05) is 20.2 Å². The van der Waals surface area contributed by atoms with Gasteiger partial charge in [-0.3, -0.25) is 4.90 Å². The lowest BCUT2D eigenvalue weighted by Crippen LogP contribution is -2.35. The van der Waals surface area contributed by atoms with E-state index in [1.54, 1.807) is 13.2 Å². The Labute approximate surface area is 153 Å². The van der Waals surface area contributed by atoms with Gasteiger partial charge in [-0.15, -0.1) is 12.4 Å². The number of halogens is 3. The minimum absolute atomic E-state index is 0. The van der Waals surface area contributed by atoms with Crippen LogP contribution >= 0.6 is 35.6 Å². The molecule has 0 N–H and O–H groups in total. The molecule has 0 bridgehead atoms. The largest absolute Gasteiger partial charge is 0.497 e. The van der Waals surface area contributed by atoms with Crippen LogP contribution in [0.25, 0.3) is 0 Å². The van der Waals surface area contributed by atoms with E-state index in [9.17, 15) is 0 Å². The molecule has 2 aromatic rings. The fraction of sp³-hybridized carbons (Fsp3) is 0.333. The number of likely N-dealkylation sites (N-methyl/N-ethyl adjacent to an activating group) is 1. The third kappa shape index (κ3) is 3.77. The van der Waals surface area contributed by atoms with Crippen LogP contribution in [0.15, 0.2) is 36.4 Å². The molecule has 0 aliphatic carbocycles. The monoisotopic (exact) mass is 371 g/mol. The maximum Gasteiger partial charge on any atom is 0.119 e. The number of benzene rings is 2. The van der Waals surface area contributed by atoms with Gasteiger partial charge in [0, 0.05) is 16.6 Å². The highest BCUT2D eigenvalue weighted by Gasteiger charge is 2.28. The van der Waals surface area contributed by atoms with Crippen molar-refractivity contribution in [3.8, 4) is 5.75 Å². The van der Waals surface area contributed by atoms with E-state index in [4.69, 9.17) is 27.9 Å². The Bertz CT molecular complexity index is 670. The fourth-order valence-electron chi connectivity index (χ4n) is 3.25. The van der Waals surface area contributed by atoms with E-state index >= 15 is 0 Å². The highest BCUT2D eigenvalue weighted by atomic mass is 35.5. The van der Waals surface area contributed by atoms with Gasteiger partial charge in [0.1, 0.15) is 5.75 Å². The molecule has 124 valence electrons. The molecule has 1 atom stereocenters. The second kappa shape index (κ2) is 7.76. The summed E-state index contributed by atoms with van der Waals surface area (Å²) < 4.78 is 5.36. The summed E-state index contributed by atoms with van der Waals surface area (Å²) >= 11 is 12.4. The summed E-state index contributed by atoms with van der Waals surface area (Å²) in [4.78, 5) is 2.46. The SMILES string of the molecule is CCN1CCc2cc(OC)ccc2C1c1cc(Cl)cc(Cl)c1.Cl. The molecule has 23 heavy (non-hydrogen) atoms. The highest BCUT2D eigenvalue weighted by Crippen LogP contribution is 2.38. The third-order valence-corrected chi connectivity index (χ3v) is 4.72. The number of hydrogen-bond donors (Lipinski definition) is 0. The Hall–Kier alpha value is -0.930. The number of nitrogens with zero attached hydrogens (tertiary/aromatic N) is 1. The van der Waals surface area contributed by atoms with Crippen molar-refractivity contribution in [1.82, 2.24) is 4.90 Å². The van der Waals surface area contributed by atoms with Crippen molar-refractivity contribution in [3.05, 3.63) is 63.1 Å². The Morgan fingerprint density at radius 1 is 1.13 bits per heavy atom. The first-order valence-corrected chi connectivity index (χ1v) is 8.25. The smallest absolute Gasteiger partial charge is 0.119 e. The van der Waals surface area contributed by atoms with E-state index in [2.05, 4.69) is 24.0 Å². The lowest BCUT2D eigenvalue weighted by molar-refractivity contribution is 0.225. The number of fused-ring (bicyclic) bond motifs is 1.